The van der Waals surface area contributed by atoms with Gasteiger partial charge in [-0.1, -0.05) is 153 Å². The van der Waals surface area contributed by atoms with Crippen LogP contribution in [0.1, 0.15) is 130 Å². The van der Waals surface area contributed by atoms with Crippen LogP contribution in [0, 0.1) is 11.3 Å². The molecule has 0 unspecified atom stereocenters. The highest BCUT2D eigenvalue weighted by Crippen LogP contribution is 2.42. The van der Waals surface area contributed by atoms with Crippen LogP contribution in [-0.2, 0) is 38.2 Å². The standard InChI is InChI=1S/C68H60N4O/c69-42-55-34-35-59-58-25-14-26-60(67(58)73-68(59)66(55)54-23-8-3-9-24-54)63-36-31-46(43-70-63)27-28-47-37-48(29-32-56-44-71-64(52-19-4-1-5-20-52)40-61(56)50-15-10-11-16-50)39-49(38-47)30-33-57-45-72-65(53-21-6-2-7-22-53)41-62(57)51-17-12-13-18-51/h1-9,14,19-26,31,34-41,43-45,50-51H,10-13,15-18,27-30,32-33H2/i27D2,28D2,29D2,30D2,32D2,33D2. The molecular formula is C68H60N4O. The highest BCUT2D eigenvalue weighted by Gasteiger charge is 2.24. The van der Waals surface area contributed by atoms with Crippen molar-refractivity contribution in [2.75, 3.05) is 0 Å². The van der Waals surface area contributed by atoms with Gasteiger partial charge in [-0.3, -0.25) is 15.0 Å². The van der Waals surface area contributed by atoms with Gasteiger partial charge >= 0.3 is 0 Å². The van der Waals surface area contributed by atoms with E-state index in [4.69, 9.17) is 4.42 Å². The van der Waals surface area contributed by atoms with Crippen LogP contribution < -0.4 is 0 Å². The molecule has 2 fully saturated rings. The zero-order chi connectivity index (χ0) is 59.7. The average molecular weight is 961 g/mol. The number of hydrogen-bond donors (Lipinski definition) is 0. The van der Waals surface area contributed by atoms with Crippen molar-refractivity contribution in [1.82, 2.24) is 15.0 Å². The van der Waals surface area contributed by atoms with E-state index < -0.39 is 54.9 Å². The van der Waals surface area contributed by atoms with Gasteiger partial charge in [0.1, 0.15) is 11.2 Å². The van der Waals surface area contributed by atoms with E-state index in [0.29, 0.717) is 56.1 Å². The molecule has 2 aliphatic rings. The summed E-state index contributed by atoms with van der Waals surface area (Å²) in [7, 11) is 0. The van der Waals surface area contributed by atoms with E-state index in [1.807, 2.05) is 121 Å². The first-order valence-electron chi connectivity index (χ1n) is 31.3. The quantitative estimate of drug-likeness (QED) is 0.102. The molecule has 0 radical (unpaired) electrons. The van der Waals surface area contributed by atoms with E-state index >= 15 is 0 Å². The fourth-order valence-electron chi connectivity index (χ4n) is 10.8. The smallest absolute Gasteiger partial charge is 0.144 e. The van der Waals surface area contributed by atoms with Gasteiger partial charge in [-0.2, -0.15) is 5.26 Å². The number of rotatable bonds is 15. The summed E-state index contributed by atoms with van der Waals surface area (Å²) < 4.78 is 125. The first-order valence-corrected chi connectivity index (χ1v) is 25.3. The van der Waals surface area contributed by atoms with Crippen LogP contribution in [0.15, 0.2) is 187 Å². The molecule has 4 aromatic heterocycles. The summed E-state index contributed by atoms with van der Waals surface area (Å²) in [6, 6.07) is 49.5. The minimum absolute atomic E-state index is 0.0217. The molecule has 0 amide bonds. The second-order valence-corrected chi connectivity index (χ2v) is 19.1. The van der Waals surface area contributed by atoms with Gasteiger partial charge in [0.25, 0.3) is 0 Å². The zero-order valence-corrected chi connectivity index (χ0v) is 40.3. The number of fused-ring (bicyclic) bond motifs is 3. The lowest BCUT2D eigenvalue weighted by molar-refractivity contribution is 0.670. The van der Waals surface area contributed by atoms with E-state index in [-0.39, 0.29) is 28.5 Å². The molecule has 4 heterocycles. The van der Waals surface area contributed by atoms with E-state index in [9.17, 15) is 21.7 Å². The lowest BCUT2D eigenvalue weighted by atomic mass is 9.88. The molecule has 73 heavy (non-hydrogen) atoms. The number of benzene rings is 6. The molecular weight excluding hydrogens is 889 g/mol. The molecule has 5 nitrogen and oxygen atoms in total. The lowest BCUT2D eigenvalue weighted by Crippen LogP contribution is -2.05. The normalized spacial score (nSPS) is 17.7. The van der Waals surface area contributed by atoms with Gasteiger partial charge in [0.15, 0.2) is 0 Å². The Kier molecular flexibility index (Phi) is 9.92. The molecule has 10 aromatic rings. The van der Waals surface area contributed by atoms with Crippen molar-refractivity contribution in [3.8, 4) is 51.0 Å². The fourth-order valence-corrected chi connectivity index (χ4v) is 10.8. The number of nitrogens with zero attached hydrogens (tertiary/aromatic N) is 4. The molecule has 0 saturated heterocycles. The largest absolute Gasteiger partial charge is 0.455 e. The predicted molar refractivity (Wildman–Crippen MR) is 298 cm³/mol. The molecule has 0 N–H and O–H groups in total. The van der Waals surface area contributed by atoms with Gasteiger partial charge in [0, 0.05) is 68.1 Å². The first kappa shape index (κ1) is 34.4. The third-order valence-electron chi connectivity index (χ3n) is 14.5. The van der Waals surface area contributed by atoms with Crippen molar-refractivity contribution < 1.29 is 20.9 Å². The number of hydrogen-bond acceptors (Lipinski definition) is 5. The zero-order valence-electron chi connectivity index (χ0n) is 52.3. The summed E-state index contributed by atoms with van der Waals surface area (Å²) in [5.41, 5.74) is 5.82. The summed E-state index contributed by atoms with van der Waals surface area (Å²) in [6.45, 7) is 0. The van der Waals surface area contributed by atoms with Crippen LogP contribution in [0.3, 0.4) is 0 Å². The van der Waals surface area contributed by atoms with Gasteiger partial charge in [-0.25, -0.2) is 0 Å². The van der Waals surface area contributed by atoms with Crippen LogP contribution in [0.2, 0.25) is 0 Å². The maximum atomic E-state index is 10.2. The fraction of sp³-hybridized carbons (Fsp3) is 0.235. The van der Waals surface area contributed by atoms with Crippen molar-refractivity contribution in [3.63, 3.8) is 0 Å². The summed E-state index contributed by atoms with van der Waals surface area (Å²) in [5, 5.41) is 11.7. The number of aryl methyl sites for hydroxylation is 6. The minimum Gasteiger partial charge on any atom is -0.455 e. The average Bonchev–Trinajstić information content (AvgIpc) is 1.89. The lowest BCUT2D eigenvalue weighted by Gasteiger charge is -2.18. The van der Waals surface area contributed by atoms with E-state index in [0.717, 1.165) is 97.0 Å². The number of aromatic nitrogens is 3. The Bertz CT molecular complexity index is 4030. The Hall–Kier alpha value is -7.94. The highest BCUT2D eigenvalue weighted by atomic mass is 16.3. The van der Waals surface area contributed by atoms with Crippen LogP contribution in [0.5, 0.6) is 0 Å². The number of pyridine rings is 3. The van der Waals surface area contributed by atoms with Crippen molar-refractivity contribution in [2.24, 2.45) is 0 Å². The molecule has 358 valence electrons. The predicted octanol–water partition coefficient (Wildman–Crippen LogP) is 17.0. The second kappa shape index (κ2) is 21.0. The van der Waals surface area contributed by atoms with E-state index in [2.05, 4.69) is 21.0 Å². The minimum atomic E-state index is -3.14. The molecule has 5 heteroatoms. The number of para-hydroxylation sites is 1. The summed E-state index contributed by atoms with van der Waals surface area (Å²) in [6.07, 6.45) is -7.68. The van der Waals surface area contributed by atoms with Crippen LogP contribution >= 0.6 is 0 Å². The number of furan rings is 1. The van der Waals surface area contributed by atoms with Crippen molar-refractivity contribution in [1.29, 1.82) is 5.26 Å². The second-order valence-electron chi connectivity index (χ2n) is 19.1. The molecule has 0 aliphatic heterocycles. The van der Waals surface area contributed by atoms with Gasteiger partial charge in [0.05, 0.1) is 28.7 Å². The number of nitriles is 1. The first-order chi connectivity index (χ1) is 40.6. The Labute approximate surface area is 446 Å². The third-order valence-corrected chi connectivity index (χ3v) is 14.5. The maximum absolute atomic E-state index is 10.2. The molecule has 2 aliphatic carbocycles. The van der Waals surface area contributed by atoms with Crippen molar-refractivity contribution in [3.05, 3.63) is 232 Å². The van der Waals surface area contributed by atoms with Gasteiger partial charge < -0.3 is 4.42 Å². The van der Waals surface area contributed by atoms with Crippen LogP contribution in [-0.4, -0.2) is 15.0 Å². The Balaban J connectivity index is 0.980. The molecule has 0 spiro atoms. The van der Waals surface area contributed by atoms with Crippen LogP contribution in [0.25, 0.3) is 66.8 Å². The third kappa shape index (κ3) is 9.88. The van der Waals surface area contributed by atoms with E-state index in [1.165, 1.54) is 24.7 Å². The summed E-state index contributed by atoms with van der Waals surface area (Å²) >= 11 is 0. The Morgan fingerprint density at radius 2 is 0.945 bits per heavy atom. The van der Waals surface area contributed by atoms with E-state index in [1.54, 1.807) is 18.2 Å². The Morgan fingerprint density at radius 3 is 1.47 bits per heavy atom. The van der Waals surface area contributed by atoms with Gasteiger partial charge in [-0.05, 0) is 162 Å². The molecule has 6 aromatic carbocycles. The molecule has 0 bridgehead atoms. The maximum Gasteiger partial charge on any atom is 0.144 e. The molecule has 2 saturated carbocycles. The van der Waals surface area contributed by atoms with Crippen molar-refractivity contribution >= 4 is 21.9 Å². The summed E-state index contributed by atoms with van der Waals surface area (Å²) in [5.74, 6) is -0.243. The topological polar surface area (TPSA) is 75.6 Å². The monoisotopic (exact) mass is 961 g/mol. The Morgan fingerprint density at radius 1 is 0.452 bits per heavy atom. The SMILES string of the molecule is [2H]C([2H])(c1ccc(-c2cccc3c2oc2c(-c4ccccc4)c(C#N)ccc23)nc1)C([2H])([2H])c1cc(C([2H])([2H])C([2H])([2H])c2cnc(-c3ccccc3)cc2C2CCCC2)cc(C([2H])([2H])C([2H])([2H])c2cnc(-c3ccccc3)cc2C2CCCC2)c1. The summed E-state index contributed by atoms with van der Waals surface area (Å²) in [4.78, 5) is 14.1. The van der Waals surface area contributed by atoms with Gasteiger partial charge in [0.2, 0.25) is 0 Å². The molecule has 0 atom stereocenters. The van der Waals surface area contributed by atoms with Gasteiger partial charge in [-0.15, -0.1) is 0 Å². The van der Waals surface area contributed by atoms with Crippen molar-refractivity contribution in [2.45, 2.75) is 101 Å². The molecule has 12 rings (SSSR count). The van der Waals surface area contributed by atoms with Crippen LogP contribution in [0.4, 0.5) is 0 Å². The highest BCUT2D eigenvalue weighted by molar-refractivity contribution is 6.13.